The van der Waals surface area contributed by atoms with Crippen LogP contribution in [0.2, 0.25) is 0 Å². The first kappa shape index (κ1) is 20.6. The standard InChI is InChI=1S/C16H28N4OS.HI/c1-4-12-9-14(21-20-12)11-18-16(17-5-2)19-13-7-8-15(10-13)22-6-3;/h9,13,15H,4-8,10-11H2,1-3H3,(H2,17,18,19);1H. The largest absolute Gasteiger partial charge is 0.359 e. The summed E-state index contributed by atoms with van der Waals surface area (Å²) in [6, 6.07) is 2.51. The molecule has 0 aromatic carbocycles. The molecule has 1 aromatic heterocycles. The van der Waals surface area contributed by atoms with Gasteiger partial charge in [-0.15, -0.1) is 24.0 Å². The Morgan fingerprint density at radius 3 is 2.87 bits per heavy atom. The van der Waals surface area contributed by atoms with Gasteiger partial charge in [0, 0.05) is 23.9 Å². The van der Waals surface area contributed by atoms with Crippen molar-refractivity contribution in [2.45, 2.75) is 64.3 Å². The van der Waals surface area contributed by atoms with Crippen molar-refractivity contribution >= 4 is 41.7 Å². The molecule has 7 heteroatoms. The predicted molar refractivity (Wildman–Crippen MR) is 109 cm³/mol. The number of aromatic nitrogens is 1. The molecule has 0 amide bonds. The fourth-order valence-electron chi connectivity index (χ4n) is 2.73. The Hall–Kier alpha value is -0.440. The van der Waals surface area contributed by atoms with Gasteiger partial charge >= 0.3 is 0 Å². The summed E-state index contributed by atoms with van der Waals surface area (Å²) in [5.74, 6) is 2.90. The smallest absolute Gasteiger partial charge is 0.191 e. The van der Waals surface area contributed by atoms with Crippen LogP contribution < -0.4 is 10.6 Å². The molecule has 132 valence electrons. The summed E-state index contributed by atoms with van der Waals surface area (Å²) in [5, 5.41) is 11.7. The number of halogens is 1. The number of hydrogen-bond donors (Lipinski definition) is 2. The zero-order valence-electron chi connectivity index (χ0n) is 14.3. The number of aliphatic imine (C=N–C) groups is 1. The van der Waals surface area contributed by atoms with Gasteiger partial charge in [-0.1, -0.05) is 19.0 Å². The number of thioether (sulfide) groups is 1. The van der Waals surface area contributed by atoms with Gasteiger partial charge < -0.3 is 15.2 Å². The molecule has 1 fully saturated rings. The second-order valence-electron chi connectivity index (χ2n) is 5.56. The normalized spacial score (nSPS) is 21.1. The maximum atomic E-state index is 5.29. The molecule has 0 bridgehead atoms. The van der Waals surface area contributed by atoms with Crippen LogP contribution in [0.4, 0.5) is 0 Å². The van der Waals surface area contributed by atoms with E-state index in [4.69, 9.17) is 4.52 Å². The van der Waals surface area contributed by atoms with Crippen molar-refractivity contribution in [1.29, 1.82) is 0 Å². The quantitative estimate of drug-likeness (QED) is 0.376. The summed E-state index contributed by atoms with van der Waals surface area (Å²) in [7, 11) is 0. The molecular formula is C16H29IN4OS. The van der Waals surface area contributed by atoms with Crippen LogP contribution in [0.3, 0.4) is 0 Å². The first-order valence-electron chi connectivity index (χ1n) is 8.36. The van der Waals surface area contributed by atoms with E-state index in [9.17, 15) is 0 Å². The van der Waals surface area contributed by atoms with Gasteiger partial charge in [0.15, 0.2) is 11.7 Å². The molecule has 0 spiro atoms. The molecular weight excluding hydrogens is 423 g/mol. The Morgan fingerprint density at radius 2 is 2.22 bits per heavy atom. The molecule has 0 aliphatic heterocycles. The number of hydrogen-bond acceptors (Lipinski definition) is 4. The molecule has 2 atom stereocenters. The number of aryl methyl sites for hydroxylation is 1. The van der Waals surface area contributed by atoms with E-state index in [2.05, 4.69) is 53.3 Å². The Morgan fingerprint density at radius 1 is 1.39 bits per heavy atom. The van der Waals surface area contributed by atoms with Crippen molar-refractivity contribution < 1.29 is 4.52 Å². The van der Waals surface area contributed by atoms with Crippen LogP contribution in [0.5, 0.6) is 0 Å². The first-order chi connectivity index (χ1) is 10.7. The molecule has 5 nitrogen and oxygen atoms in total. The number of nitrogens with zero attached hydrogens (tertiary/aromatic N) is 2. The Balaban J connectivity index is 0.00000264. The molecule has 2 N–H and O–H groups in total. The Kier molecular flexibility index (Phi) is 10.0. The second-order valence-corrected chi connectivity index (χ2v) is 7.14. The lowest BCUT2D eigenvalue weighted by Gasteiger charge is -2.17. The minimum absolute atomic E-state index is 0. The lowest BCUT2D eigenvalue weighted by molar-refractivity contribution is 0.379. The van der Waals surface area contributed by atoms with E-state index < -0.39 is 0 Å². The summed E-state index contributed by atoms with van der Waals surface area (Å²) < 4.78 is 5.29. The third kappa shape index (κ3) is 6.91. The average Bonchev–Trinajstić information content (AvgIpc) is 3.14. The van der Waals surface area contributed by atoms with Crippen LogP contribution in [-0.2, 0) is 13.0 Å². The summed E-state index contributed by atoms with van der Waals surface area (Å²) in [6.45, 7) is 7.79. The van der Waals surface area contributed by atoms with E-state index in [0.29, 0.717) is 12.6 Å². The van der Waals surface area contributed by atoms with Gasteiger partial charge in [-0.25, -0.2) is 4.99 Å². The van der Waals surface area contributed by atoms with Crippen LogP contribution in [0.25, 0.3) is 0 Å². The van der Waals surface area contributed by atoms with Crippen molar-refractivity contribution in [3.8, 4) is 0 Å². The van der Waals surface area contributed by atoms with Crippen molar-refractivity contribution in [3.05, 3.63) is 17.5 Å². The summed E-state index contributed by atoms with van der Waals surface area (Å²) in [4.78, 5) is 4.62. The molecule has 0 radical (unpaired) electrons. The van der Waals surface area contributed by atoms with Crippen molar-refractivity contribution in [2.75, 3.05) is 12.3 Å². The van der Waals surface area contributed by atoms with Crippen LogP contribution in [0.15, 0.2) is 15.6 Å². The van der Waals surface area contributed by atoms with E-state index in [1.165, 1.54) is 25.0 Å². The molecule has 1 aliphatic carbocycles. The highest BCUT2D eigenvalue weighted by Gasteiger charge is 2.25. The van der Waals surface area contributed by atoms with Gasteiger partial charge in [-0.2, -0.15) is 11.8 Å². The Bertz CT molecular complexity index is 480. The van der Waals surface area contributed by atoms with E-state index >= 15 is 0 Å². The lowest BCUT2D eigenvalue weighted by Crippen LogP contribution is -2.42. The van der Waals surface area contributed by atoms with Crippen LogP contribution in [-0.4, -0.2) is 34.7 Å². The van der Waals surface area contributed by atoms with Crippen molar-refractivity contribution in [2.24, 2.45) is 4.99 Å². The van der Waals surface area contributed by atoms with Crippen molar-refractivity contribution in [1.82, 2.24) is 15.8 Å². The Labute approximate surface area is 160 Å². The van der Waals surface area contributed by atoms with E-state index in [1.54, 1.807) is 0 Å². The van der Waals surface area contributed by atoms with Gasteiger partial charge in [-0.3, -0.25) is 0 Å². The van der Waals surface area contributed by atoms with Crippen LogP contribution in [0.1, 0.15) is 51.5 Å². The minimum Gasteiger partial charge on any atom is -0.359 e. The van der Waals surface area contributed by atoms with Crippen LogP contribution in [0, 0.1) is 0 Å². The first-order valence-corrected chi connectivity index (χ1v) is 9.40. The van der Waals surface area contributed by atoms with Gasteiger partial charge in [0.25, 0.3) is 0 Å². The summed E-state index contributed by atoms with van der Waals surface area (Å²) in [6.07, 6.45) is 4.65. The number of guanidine groups is 1. The fraction of sp³-hybridized carbons (Fsp3) is 0.750. The van der Waals surface area contributed by atoms with Gasteiger partial charge in [0.1, 0.15) is 6.54 Å². The molecule has 23 heavy (non-hydrogen) atoms. The van der Waals surface area contributed by atoms with Crippen molar-refractivity contribution in [3.63, 3.8) is 0 Å². The van der Waals surface area contributed by atoms with E-state index in [-0.39, 0.29) is 24.0 Å². The topological polar surface area (TPSA) is 62.5 Å². The fourth-order valence-corrected chi connectivity index (χ4v) is 3.87. The molecule has 1 aliphatic rings. The summed E-state index contributed by atoms with van der Waals surface area (Å²) >= 11 is 2.08. The number of nitrogens with one attached hydrogen (secondary N) is 2. The zero-order valence-corrected chi connectivity index (χ0v) is 17.4. The monoisotopic (exact) mass is 452 g/mol. The highest BCUT2D eigenvalue weighted by atomic mass is 127. The van der Waals surface area contributed by atoms with Gasteiger partial charge in [0.05, 0.1) is 5.69 Å². The molecule has 2 rings (SSSR count). The van der Waals surface area contributed by atoms with Gasteiger partial charge in [-0.05, 0) is 38.4 Å². The van der Waals surface area contributed by atoms with E-state index in [0.717, 1.165) is 35.6 Å². The molecule has 2 unspecified atom stereocenters. The lowest BCUT2D eigenvalue weighted by atomic mass is 10.2. The van der Waals surface area contributed by atoms with E-state index in [1.807, 2.05) is 6.07 Å². The van der Waals surface area contributed by atoms with Gasteiger partial charge in [0.2, 0.25) is 0 Å². The average molecular weight is 452 g/mol. The third-order valence-electron chi connectivity index (χ3n) is 3.83. The maximum absolute atomic E-state index is 5.29. The third-order valence-corrected chi connectivity index (χ3v) is 5.07. The molecule has 1 heterocycles. The number of rotatable bonds is 7. The molecule has 1 aromatic rings. The van der Waals surface area contributed by atoms with Crippen LogP contribution >= 0.6 is 35.7 Å². The predicted octanol–water partition coefficient (Wildman–Crippen LogP) is 3.58. The summed E-state index contributed by atoms with van der Waals surface area (Å²) in [5.41, 5.74) is 0.985. The molecule has 1 saturated carbocycles. The maximum Gasteiger partial charge on any atom is 0.191 e. The second kappa shape index (κ2) is 11.2. The molecule has 0 saturated heterocycles. The minimum atomic E-state index is 0. The zero-order chi connectivity index (χ0) is 15.8. The highest BCUT2D eigenvalue weighted by Crippen LogP contribution is 2.29. The SMILES string of the molecule is CCNC(=NCc1cc(CC)no1)NC1CCC(SCC)C1.I. The highest BCUT2D eigenvalue weighted by molar-refractivity contribution is 14.0.